The summed E-state index contributed by atoms with van der Waals surface area (Å²) in [5.41, 5.74) is 1.15. The number of carbonyl (C=O) groups excluding carboxylic acids is 1. The normalized spacial score (nSPS) is 11.5. The molecule has 0 unspecified atom stereocenters. The van der Waals surface area contributed by atoms with Crippen molar-refractivity contribution in [1.82, 2.24) is 25.6 Å². The van der Waals surface area contributed by atoms with Gasteiger partial charge in [-0.3, -0.25) is 14.9 Å². The van der Waals surface area contributed by atoms with Crippen LogP contribution in [0.4, 0.5) is 5.69 Å². The van der Waals surface area contributed by atoms with Crippen LogP contribution in [0.15, 0.2) is 24.3 Å². The molecule has 136 valence electrons. The smallest absolute Gasteiger partial charge is 0.273 e. The summed E-state index contributed by atoms with van der Waals surface area (Å²) < 4.78 is 1.41. The van der Waals surface area contributed by atoms with E-state index in [1.165, 1.54) is 16.8 Å². The van der Waals surface area contributed by atoms with Crippen molar-refractivity contribution in [2.45, 2.75) is 26.8 Å². The van der Waals surface area contributed by atoms with Gasteiger partial charge in [0.2, 0.25) is 0 Å². The molecule has 1 heterocycles. The van der Waals surface area contributed by atoms with Gasteiger partial charge in [0.05, 0.1) is 16.3 Å². The molecule has 1 atom stereocenters. The quantitative estimate of drug-likeness (QED) is 0.567. The molecule has 0 radical (unpaired) electrons. The van der Waals surface area contributed by atoms with E-state index in [-0.39, 0.29) is 35.7 Å². The number of carbonyl (C=O) groups is 1. The van der Waals surface area contributed by atoms with Crippen molar-refractivity contribution in [3.8, 4) is 5.69 Å². The number of aromatic nitrogens is 3. The topological polar surface area (TPSA) is 115 Å². The zero-order valence-electron chi connectivity index (χ0n) is 14.2. The van der Waals surface area contributed by atoms with Gasteiger partial charge >= 0.3 is 0 Å². The summed E-state index contributed by atoms with van der Waals surface area (Å²) in [6.07, 6.45) is 0. The number of amides is 1. The van der Waals surface area contributed by atoms with Crippen LogP contribution in [-0.2, 0) is 0 Å². The highest BCUT2D eigenvalue weighted by Crippen LogP contribution is 2.18. The molecule has 0 spiro atoms. The third kappa shape index (κ3) is 4.97. The van der Waals surface area contributed by atoms with Crippen LogP contribution >= 0.6 is 12.4 Å². The maximum absolute atomic E-state index is 12.2. The lowest BCUT2D eigenvalue weighted by atomic mass is 10.2. The van der Waals surface area contributed by atoms with Gasteiger partial charge in [-0.05, 0) is 26.5 Å². The summed E-state index contributed by atoms with van der Waals surface area (Å²) in [7, 11) is 0. The zero-order chi connectivity index (χ0) is 17.7. The Hall–Kier alpha value is -2.52. The summed E-state index contributed by atoms with van der Waals surface area (Å²) >= 11 is 0. The molecule has 1 aromatic heterocycles. The van der Waals surface area contributed by atoms with E-state index in [4.69, 9.17) is 0 Å². The standard InChI is InChI=1S/C15H20N6O3.ClH/c1-4-16-10(2)9-17-15(22)14-11(3)20(19-18-14)12-6-5-7-13(8-12)21(23)24;/h5-8,10,16H,4,9H2,1-3H3,(H,17,22);1H/t10-;/m1./s1. The van der Waals surface area contributed by atoms with Gasteiger partial charge < -0.3 is 10.6 Å². The second-order valence-electron chi connectivity index (χ2n) is 5.38. The second-order valence-corrected chi connectivity index (χ2v) is 5.38. The Labute approximate surface area is 151 Å². The Morgan fingerprint density at radius 2 is 2.16 bits per heavy atom. The third-order valence-electron chi connectivity index (χ3n) is 3.52. The van der Waals surface area contributed by atoms with Crippen molar-refractivity contribution >= 4 is 24.0 Å². The molecule has 1 amide bonds. The Balaban J connectivity index is 0.00000312. The Morgan fingerprint density at radius 1 is 1.44 bits per heavy atom. The van der Waals surface area contributed by atoms with Gasteiger partial charge in [0.15, 0.2) is 5.69 Å². The molecule has 25 heavy (non-hydrogen) atoms. The Kier molecular flexibility index (Phi) is 7.46. The molecule has 2 N–H and O–H groups in total. The lowest BCUT2D eigenvalue weighted by Crippen LogP contribution is -2.39. The first kappa shape index (κ1) is 20.5. The van der Waals surface area contributed by atoms with E-state index in [1.54, 1.807) is 19.1 Å². The molecular formula is C15H21ClN6O3. The van der Waals surface area contributed by atoms with E-state index >= 15 is 0 Å². The molecule has 0 aliphatic rings. The van der Waals surface area contributed by atoms with Gasteiger partial charge in [-0.25, -0.2) is 4.68 Å². The van der Waals surface area contributed by atoms with Gasteiger partial charge in [0.1, 0.15) is 0 Å². The van der Waals surface area contributed by atoms with E-state index < -0.39 is 4.92 Å². The monoisotopic (exact) mass is 368 g/mol. The van der Waals surface area contributed by atoms with E-state index in [9.17, 15) is 14.9 Å². The van der Waals surface area contributed by atoms with Gasteiger partial charge in [-0.15, -0.1) is 17.5 Å². The number of hydrogen-bond donors (Lipinski definition) is 2. The highest BCUT2D eigenvalue weighted by Gasteiger charge is 2.18. The van der Waals surface area contributed by atoms with Crippen LogP contribution in [0.5, 0.6) is 0 Å². The minimum Gasteiger partial charge on any atom is -0.349 e. The highest BCUT2D eigenvalue weighted by atomic mass is 35.5. The predicted octanol–water partition coefficient (Wildman–Crippen LogP) is 1.63. The molecule has 1 aromatic carbocycles. The van der Waals surface area contributed by atoms with Crippen LogP contribution in [0.25, 0.3) is 5.69 Å². The summed E-state index contributed by atoms with van der Waals surface area (Å²) in [5.74, 6) is -0.325. The number of halogens is 1. The van der Waals surface area contributed by atoms with Gasteiger partial charge in [-0.2, -0.15) is 0 Å². The summed E-state index contributed by atoms with van der Waals surface area (Å²) in [6.45, 7) is 6.94. The predicted molar refractivity (Wildman–Crippen MR) is 95.5 cm³/mol. The van der Waals surface area contributed by atoms with Crippen molar-refractivity contribution in [2.75, 3.05) is 13.1 Å². The molecule has 0 fully saturated rings. The van der Waals surface area contributed by atoms with Crippen LogP contribution in [-0.4, -0.2) is 45.0 Å². The van der Waals surface area contributed by atoms with Crippen LogP contribution in [0.1, 0.15) is 30.0 Å². The number of nitro groups is 1. The molecule has 0 aliphatic carbocycles. The third-order valence-corrected chi connectivity index (χ3v) is 3.52. The van der Waals surface area contributed by atoms with E-state index in [2.05, 4.69) is 20.9 Å². The largest absolute Gasteiger partial charge is 0.349 e. The first-order valence-corrected chi connectivity index (χ1v) is 7.62. The maximum atomic E-state index is 12.2. The second kappa shape index (κ2) is 9.09. The van der Waals surface area contributed by atoms with Crippen molar-refractivity contribution in [3.63, 3.8) is 0 Å². The molecule has 0 saturated carbocycles. The lowest BCUT2D eigenvalue weighted by molar-refractivity contribution is -0.384. The highest BCUT2D eigenvalue weighted by molar-refractivity contribution is 5.93. The van der Waals surface area contributed by atoms with Crippen molar-refractivity contribution in [1.29, 1.82) is 0 Å². The Morgan fingerprint density at radius 3 is 2.80 bits per heavy atom. The first-order chi connectivity index (χ1) is 11.4. The fourth-order valence-electron chi connectivity index (χ4n) is 2.27. The molecule has 0 aliphatic heterocycles. The Bertz CT molecular complexity index is 749. The average Bonchev–Trinajstić information content (AvgIpc) is 2.94. The molecule has 0 saturated heterocycles. The van der Waals surface area contributed by atoms with Crippen molar-refractivity contribution < 1.29 is 9.72 Å². The molecule has 9 nitrogen and oxygen atoms in total. The van der Waals surface area contributed by atoms with Gasteiger partial charge in [0.25, 0.3) is 11.6 Å². The summed E-state index contributed by atoms with van der Waals surface area (Å²) in [4.78, 5) is 22.6. The molecular weight excluding hydrogens is 348 g/mol. The van der Waals surface area contributed by atoms with Crippen molar-refractivity contribution in [2.24, 2.45) is 0 Å². The van der Waals surface area contributed by atoms with Crippen LogP contribution in [0.3, 0.4) is 0 Å². The first-order valence-electron chi connectivity index (χ1n) is 7.62. The number of benzene rings is 1. The number of nitrogens with one attached hydrogen (secondary N) is 2. The fraction of sp³-hybridized carbons (Fsp3) is 0.400. The maximum Gasteiger partial charge on any atom is 0.273 e. The average molecular weight is 369 g/mol. The van der Waals surface area contributed by atoms with Crippen LogP contribution in [0.2, 0.25) is 0 Å². The minimum absolute atomic E-state index is 0. The number of hydrogen-bond acceptors (Lipinski definition) is 6. The number of nitrogens with zero attached hydrogens (tertiary/aromatic N) is 4. The van der Waals surface area contributed by atoms with Gasteiger partial charge in [-0.1, -0.05) is 18.2 Å². The van der Waals surface area contributed by atoms with Crippen LogP contribution < -0.4 is 10.6 Å². The number of rotatable bonds is 7. The molecule has 10 heteroatoms. The zero-order valence-corrected chi connectivity index (χ0v) is 15.0. The molecule has 2 aromatic rings. The summed E-state index contributed by atoms with van der Waals surface area (Å²) in [6, 6.07) is 6.16. The molecule has 2 rings (SSSR count). The lowest BCUT2D eigenvalue weighted by Gasteiger charge is -2.12. The fourth-order valence-corrected chi connectivity index (χ4v) is 2.27. The number of non-ortho nitro benzene ring substituents is 1. The number of likely N-dealkylation sites (N-methyl/N-ethyl adjacent to an activating group) is 1. The van der Waals surface area contributed by atoms with Crippen LogP contribution in [0, 0.1) is 17.0 Å². The van der Waals surface area contributed by atoms with E-state index in [0.717, 1.165) is 6.54 Å². The van der Waals surface area contributed by atoms with Crippen molar-refractivity contribution in [3.05, 3.63) is 45.8 Å². The minimum atomic E-state index is -0.481. The van der Waals surface area contributed by atoms with E-state index in [1.807, 2.05) is 13.8 Å². The van der Waals surface area contributed by atoms with Gasteiger partial charge in [0, 0.05) is 24.7 Å². The molecule has 0 bridgehead atoms. The SMILES string of the molecule is CCN[C@H](C)CNC(=O)c1nnn(-c2cccc([N+](=O)[O-])c2)c1C.Cl. The summed E-state index contributed by atoms with van der Waals surface area (Å²) in [5, 5.41) is 24.7. The number of nitro benzene ring substituents is 1. The van der Waals surface area contributed by atoms with E-state index in [0.29, 0.717) is 17.9 Å².